The predicted octanol–water partition coefficient (Wildman–Crippen LogP) is 1.23. The summed E-state index contributed by atoms with van der Waals surface area (Å²) in [6.45, 7) is 6.05. The van der Waals surface area contributed by atoms with E-state index in [4.69, 9.17) is 5.73 Å². The topological polar surface area (TPSA) is 55.1 Å². The number of hydrogen-bond donors (Lipinski definition) is 2. The molecule has 4 heteroatoms. The van der Waals surface area contributed by atoms with E-state index in [0.717, 1.165) is 12.2 Å². The molecule has 3 unspecified atom stereocenters. The van der Waals surface area contributed by atoms with Gasteiger partial charge >= 0.3 is 0 Å². The van der Waals surface area contributed by atoms with Crippen LogP contribution in [0.4, 0.5) is 0 Å². The SMILES string of the molecule is CCC(C)C(N)C(=O)NC(C)CSC. The minimum atomic E-state index is -0.371. The zero-order chi connectivity index (χ0) is 11.1. The van der Waals surface area contributed by atoms with Crippen LogP contribution in [0.5, 0.6) is 0 Å². The lowest BCUT2D eigenvalue weighted by atomic mass is 9.99. The maximum atomic E-state index is 11.6. The van der Waals surface area contributed by atoms with Gasteiger partial charge in [0.05, 0.1) is 6.04 Å². The van der Waals surface area contributed by atoms with E-state index in [1.807, 2.05) is 27.0 Å². The normalized spacial score (nSPS) is 17.2. The lowest BCUT2D eigenvalue weighted by molar-refractivity contribution is -0.123. The monoisotopic (exact) mass is 218 g/mol. The van der Waals surface area contributed by atoms with Gasteiger partial charge in [0, 0.05) is 11.8 Å². The van der Waals surface area contributed by atoms with Crippen molar-refractivity contribution in [3.63, 3.8) is 0 Å². The van der Waals surface area contributed by atoms with Gasteiger partial charge in [-0.3, -0.25) is 4.79 Å². The molecule has 0 saturated carbocycles. The first kappa shape index (κ1) is 13.8. The Hall–Kier alpha value is -0.220. The van der Waals surface area contributed by atoms with Crippen LogP contribution in [-0.2, 0) is 4.79 Å². The van der Waals surface area contributed by atoms with Gasteiger partial charge in [0.15, 0.2) is 0 Å². The molecule has 0 bridgehead atoms. The first-order valence-corrected chi connectivity index (χ1v) is 6.47. The Morgan fingerprint density at radius 2 is 2.07 bits per heavy atom. The van der Waals surface area contributed by atoms with Crippen molar-refractivity contribution < 1.29 is 4.79 Å². The fraction of sp³-hybridized carbons (Fsp3) is 0.900. The van der Waals surface area contributed by atoms with Crippen molar-refractivity contribution >= 4 is 17.7 Å². The summed E-state index contributed by atoms with van der Waals surface area (Å²) in [6, 6.07) is -0.170. The van der Waals surface area contributed by atoms with E-state index in [1.54, 1.807) is 11.8 Å². The highest BCUT2D eigenvalue weighted by molar-refractivity contribution is 7.98. The van der Waals surface area contributed by atoms with Crippen molar-refractivity contribution in [3.05, 3.63) is 0 Å². The molecule has 0 aromatic heterocycles. The van der Waals surface area contributed by atoms with Crippen molar-refractivity contribution in [2.45, 2.75) is 39.3 Å². The van der Waals surface area contributed by atoms with E-state index in [1.165, 1.54) is 0 Å². The Labute approximate surface area is 91.2 Å². The van der Waals surface area contributed by atoms with Crippen LogP contribution in [0.25, 0.3) is 0 Å². The van der Waals surface area contributed by atoms with Gasteiger partial charge in [-0.1, -0.05) is 20.3 Å². The molecule has 1 amide bonds. The molecule has 0 aromatic rings. The molecule has 0 aliphatic rings. The second-order valence-electron chi connectivity index (χ2n) is 3.78. The number of hydrogen-bond acceptors (Lipinski definition) is 3. The number of nitrogens with one attached hydrogen (secondary N) is 1. The average molecular weight is 218 g/mol. The Morgan fingerprint density at radius 3 is 2.50 bits per heavy atom. The lowest BCUT2D eigenvalue weighted by Gasteiger charge is -2.20. The lowest BCUT2D eigenvalue weighted by Crippen LogP contribution is -2.48. The Morgan fingerprint density at radius 1 is 1.50 bits per heavy atom. The van der Waals surface area contributed by atoms with Crippen LogP contribution in [0.15, 0.2) is 0 Å². The quantitative estimate of drug-likeness (QED) is 0.705. The summed E-state index contributed by atoms with van der Waals surface area (Å²) in [5.41, 5.74) is 5.80. The van der Waals surface area contributed by atoms with Gasteiger partial charge in [-0.05, 0) is 19.1 Å². The van der Waals surface area contributed by atoms with Crippen molar-refractivity contribution in [3.8, 4) is 0 Å². The molecular formula is C10H22N2OS. The molecule has 0 radical (unpaired) electrons. The van der Waals surface area contributed by atoms with Gasteiger partial charge in [0.25, 0.3) is 0 Å². The third kappa shape index (κ3) is 4.86. The summed E-state index contributed by atoms with van der Waals surface area (Å²) in [5.74, 6) is 1.15. The van der Waals surface area contributed by atoms with Gasteiger partial charge in [-0.15, -0.1) is 0 Å². The van der Waals surface area contributed by atoms with Crippen LogP contribution >= 0.6 is 11.8 Å². The summed E-state index contributed by atoms with van der Waals surface area (Å²) in [4.78, 5) is 11.6. The van der Waals surface area contributed by atoms with Crippen molar-refractivity contribution in [1.82, 2.24) is 5.32 Å². The second kappa shape index (κ2) is 7.12. The summed E-state index contributed by atoms with van der Waals surface area (Å²) in [7, 11) is 0. The Balaban J connectivity index is 3.94. The molecule has 3 nitrogen and oxygen atoms in total. The molecule has 0 heterocycles. The highest BCUT2D eigenvalue weighted by Crippen LogP contribution is 2.06. The molecule has 84 valence electrons. The number of thioether (sulfide) groups is 1. The highest BCUT2D eigenvalue weighted by atomic mass is 32.2. The molecule has 0 saturated heterocycles. The van der Waals surface area contributed by atoms with Crippen LogP contribution in [0.2, 0.25) is 0 Å². The van der Waals surface area contributed by atoms with E-state index in [2.05, 4.69) is 5.32 Å². The first-order valence-electron chi connectivity index (χ1n) is 5.07. The van der Waals surface area contributed by atoms with E-state index in [-0.39, 0.29) is 23.9 Å². The van der Waals surface area contributed by atoms with Crippen LogP contribution in [0.1, 0.15) is 27.2 Å². The van der Waals surface area contributed by atoms with Crippen LogP contribution in [0, 0.1) is 5.92 Å². The van der Waals surface area contributed by atoms with Crippen molar-refractivity contribution in [2.24, 2.45) is 11.7 Å². The molecule has 0 aliphatic heterocycles. The zero-order valence-electron chi connectivity index (χ0n) is 9.54. The maximum Gasteiger partial charge on any atom is 0.237 e. The summed E-state index contributed by atoms with van der Waals surface area (Å²) in [5, 5.41) is 2.91. The maximum absolute atomic E-state index is 11.6. The summed E-state index contributed by atoms with van der Waals surface area (Å²) >= 11 is 1.72. The molecule has 0 rings (SSSR count). The van der Waals surface area contributed by atoms with Crippen LogP contribution in [-0.4, -0.2) is 30.0 Å². The van der Waals surface area contributed by atoms with Crippen LogP contribution in [0.3, 0.4) is 0 Å². The summed E-state index contributed by atoms with van der Waals surface area (Å²) < 4.78 is 0. The van der Waals surface area contributed by atoms with E-state index >= 15 is 0 Å². The van der Waals surface area contributed by atoms with Crippen molar-refractivity contribution in [1.29, 1.82) is 0 Å². The number of carbonyl (C=O) groups is 1. The molecule has 0 spiro atoms. The Kier molecular flexibility index (Phi) is 7.01. The fourth-order valence-corrected chi connectivity index (χ4v) is 1.73. The fourth-order valence-electron chi connectivity index (χ4n) is 1.14. The van der Waals surface area contributed by atoms with Gasteiger partial charge in [-0.2, -0.15) is 11.8 Å². The Bertz CT molecular complexity index is 176. The molecule has 3 atom stereocenters. The van der Waals surface area contributed by atoms with Crippen LogP contribution < -0.4 is 11.1 Å². The third-order valence-electron chi connectivity index (χ3n) is 2.37. The molecule has 0 aromatic carbocycles. The zero-order valence-corrected chi connectivity index (χ0v) is 10.4. The van der Waals surface area contributed by atoms with E-state index in [9.17, 15) is 4.79 Å². The third-order valence-corrected chi connectivity index (χ3v) is 3.20. The van der Waals surface area contributed by atoms with Crippen molar-refractivity contribution in [2.75, 3.05) is 12.0 Å². The minimum absolute atomic E-state index is 0.0269. The molecule has 14 heavy (non-hydrogen) atoms. The molecule has 0 fully saturated rings. The summed E-state index contributed by atoms with van der Waals surface area (Å²) in [6.07, 6.45) is 2.96. The molecule has 3 N–H and O–H groups in total. The molecular weight excluding hydrogens is 196 g/mol. The first-order chi connectivity index (χ1) is 6.52. The number of rotatable bonds is 6. The van der Waals surface area contributed by atoms with Gasteiger partial charge < -0.3 is 11.1 Å². The number of nitrogens with two attached hydrogens (primary N) is 1. The average Bonchev–Trinajstić information content (AvgIpc) is 2.15. The predicted molar refractivity (Wildman–Crippen MR) is 63.4 cm³/mol. The number of carbonyl (C=O) groups excluding carboxylic acids is 1. The largest absolute Gasteiger partial charge is 0.351 e. The van der Waals surface area contributed by atoms with Gasteiger partial charge in [0.2, 0.25) is 5.91 Å². The van der Waals surface area contributed by atoms with E-state index in [0.29, 0.717) is 0 Å². The minimum Gasteiger partial charge on any atom is -0.351 e. The standard InChI is InChI=1S/C10H22N2OS/c1-5-7(2)9(11)10(13)12-8(3)6-14-4/h7-9H,5-6,11H2,1-4H3,(H,12,13). The number of amides is 1. The smallest absolute Gasteiger partial charge is 0.237 e. The van der Waals surface area contributed by atoms with Gasteiger partial charge in [-0.25, -0.2) is 0 Å². The van der Waals surface area contributed by atoms with E-state index < -0.39 is 0 Å². The van der Waals surface area contributed by atoms with Gasteiger partial charge in [0.1, 0.15) is 0 Å². The highest BCUT2D eigenvalue weighted by Gasteiger charge is 2.20. The second-order valence-corrected chi connectivity index (χ2v) is 4.69. The molecule has 0 aliphatic carbocycles.